The SMILES string of the molecule is CCOC(=O)C1=C(COC(=O)/C=C/c2ccc([N+](=O)[O-])cc2)NC(=O)NC1c1ccc(OC)cc1. The lowest BCUT2D eigenvalue weighted by molar-refractivity contribution is -0.384. The van der Waals surface area contributed by atoms with Crippen LogP contribution in [0.4, 0.5) is 10.5 Å². The molecule has 1 aliphatic rings. The summed E-state index contributed by atoms with van der Waals surface area (Å²) in [5.41, 5.74) is 1.27. The van der Waals surface area contributed by atoms with Crippen molar-refractivity contribution in [2.75, 3.05) is 20.3 Å². The number of nitrogens with zero attached hydrogens (tertiary/aromatic N) is 1. The highest BCUT2D eigenvalue weighted by atomic mass is 16.6. The standard InChI is InChI=1S/C24H23N3O8/c1-3-34-23(29)21-19(25-24(30)26-22(21)16-7-11-18(33-2)12-8-16)14-35-20(28)13-6-15-4-9-17(10-5-15)27(31)32/h4-13,22H,3,14H2,1-2H3,(H2,25,26,30)/b13-6+. The Hall–Kier alpha value is -4.67. The minimum absolute atomic E-state index is 0.0729. The fourth-order valence-electron chi connectivity index (χ4n) is 3.29. The molecule has 182 valence electrons. The van der Waals surface area contributed by atoms with Crippen LogP contribution in [-0.2, 0) is 19.1 Å². The lowest BCUT2D eigenvalue weighted by atomic mass is 9.95. The number of urea groups is 1. The van der Waals surface area contributed by atoms with Crippen LogP contribution in [0.15, 0.2) is 65.9 Å². The summed E-state index contributed by atoms with van der Waals surface area (Å²) in [6.07, 6.45) is 2.56. The van der Waals surface area contributed by atoms with Gasteiger partial charge in [-0.3, -0.25) is 10.1 Å². The third-order valence-electron chi connectivity index (χ3n) is 4.97. The molecule has 0 bridgehead atoms. The molecule has 0 aromatic heterocycles. The average Bonchev–Trinajstić information content (AvgIpc) is 2.86. The molecule has 1 heterocycles. The van der Waals surface area contributed by atoms with Gasteiger partial charge in [0, 0.05) is 18.2 Å². The number of esters is 2. The first kappa shape index (κ1) is 25.0. The molecule has 3 rings (SSSR count). The summed E-state index contributed by atoms with van der Waals surface area (Å²) in [5, 5.41) is 15.9. The van der Waals surface area contributed by atoms with Gasteiger partial charge in [-0.1, -0.05) is 12.1 Å². The van der Waals surface area contributed by atoms with Crippen LogP contribution in [0.2, 0.25) is 0 Å². The van der Waals surface area contributed by atoms with E-state index in [1.165, 1.54) is 37.5 Å². The van der Waals surface area contributed by atoms with E-state index < -0.39 is 35.5 Å². The van der Waals surface area contributed by atoms with Gasteiger partial charge in [0.2, 0.25) is 0 Å². The van der Waals surface area contributed by atoms with Crippen molar-refractivity contribution < 1.29 is 33.5 Å². The van der Waals surface area contributed by atoms with Crippen LogP contribution in [0, 0.1) is 10.1 Å². The maximum atomic E-state index is 12.8. The highest BCUT2D eigenvalue weighted by molar-refractivity contribution is 5.95. The Kier molecular flexibility index (Phi) is 8.17. The summed E-state index contributed by atoms with van der Waals surface area (Å²) in [5.74, 6) is -0.814. The number of rotatable bonds is 9. The molecule has 1 atom stereocenters. The van der Waals surface area contributed by atoms with Gasteiger partial charge < -0.3 is 24.8 Å². The number of carbonyl (C=O) groups is 3. The van der Waals surface area contributed by atoms with Crippen LogP contribution < -0.4 is 15.4 Å². The molecule has 0 saturated carbocycles. The Morgan fingerprint density at radius 1 is 1.09 bits per heavy atom. The Bertz CT molecular complexity index is 1170. The van der Waals surface area contributed by atoms with Crippen molar-refractivity contribution in [3.8, 4) is 5.75 Å². The zero-order valence-electron chi connectivity index (χ0n) is 19.0. The quantitative estimate of drug-likeness (QED) is 0.240. The molecule has 0 fully saturated rings. The van der Waals surface area contributed by atoms with Crippen LogP contribution in [0.25, 0.3) is 6.08 Å². The van der Waals surface area contributed by atoms with Gasteiger partial charge in [-0.25, -0.2) is 14.4 Å². The Morgan fingerprint density at radius 2 is 1.77 bits per heavy atom. The number of hydrogen-bond donors (Lipinski definition) is 2. The molecule has 1 unspecified atom stereocenters. The van der Waals surface area contributed by atoms with Crippen molar-refractivity contribution in [3.05, 3.63) is 87.1 Å². The van der Waals surface area contributed by atoms with E-state index >= 15 is 0 Å². The largest absolute Gasteiger partial charge is 0.497 e. The number of ether oxygens (including phenoxy) is 3. The van der Waals surface area contributed by atoms with Crippen LogP contribution in [0.1, 0.15) is 24.1 Å². The van der Waals surface area contributed by atoms with E-state index in [0.29, 0.717) is 16.9 Å². The van der Waals surface area contributed by atoms with Crippen LogP contribution in [-0.4, -0.2) is 43.2 Å². The minimum Gasteiger partial charge on any atom is -0.497 e. The van der Waals surface area contributed by atoms with Gasteiger partial charge in [0.15, 0.2) is 0 Å². The third kappa shape index (κ3) is 6.44. The number of amides is 2. The highest BCUT2D eigenvalue weighted by Gasteiger charge is 2.34. The number of nitrogens with one attached hydrogen (secondary N) is 2. The van der Waals surface area contributed by atoms with Crippen molar-refractivity contribution in [2.24, 2.45) is 0 Å². The van der Waals surface area contributed by atoms with Crippen molar-refractivity contribution >= 4 is 29.7 Å². The third-order valence-corrected chi connectivity index (χ3v) is 4.97. The molecule has 0 saturated heterocycles. The van der Waals surface area contributed by atoms with Crippen molar-refractivity contribution in [1.29, 1.82) is 0 Å². The van der Waals surface area contributed by atoms with E-state index in [1.54, 1.807) is 31.2 Å². The number of nitro benzene ring substituents is 1. The van der Waals surface area contributed by atoms with E-state index in [4.69, 9.17) is 14.2 Å². The second-order valence-corrected chi connectivity index (χ2v) is 7.21. The van der Waals surface area contributed by atoms with E-state index in [0.717, 1.165) is 6.08 Å². The van der Waals surface area contributed by atoms with Gasteiger partial charge >= 0.3 is 18.0 Å². The summed E-state index contributed by atoms with van der Waals surface area (Å²) >= 11 is 0. The predicted molar refractivity (Wildman–Crippen MR) is 124 cm³/mol. The van der Waals surface area contributed by atoms with Gasteiger partial charge in [0.25, 0.3) is 5.69 Å². The minimum atomic E-state index is -0.835. The number of carbonyl (C=O) groups excluding carboxylic acids is 3. The summed E-state index contributed by atoms with van der Waals surface area (Å²) in [6, 6.07) is 11.0. The first-order chi connectivity index (χ1) is 16.8. The van der Waals surface area contributed by atoms with Crippen molar-refractivity contribution in [2.45, 2.75) is 13.0 Å². The predicted octanol–water partition coefficient (Wildman–Crippen LogP) is 3.03. The normalized spacial score (nSPS) is 15.3. The lowest BCUT2D eigenvalue weighted by Crippen LogP contribution is -2.47. The fraction of sp³-hybridized carbons (Fsp3) is 0.208. The molecule has 0 spiro atoms. The van der Waals surface area contributed by atoms with Crippen LogP contribution in [0.5, 0.6) is 5.75 Å². The zero-order valence-corrected chi connectivity index (χ0v) is 19.0. The topological polar surface area (TPSA) is 146 Å². The molecule has 2 N–H and O–H groups in total. The van der Waals surface area contributed by atoms with Crippen LogP contribution >= 0.6 is 0 Å². The molecule has 11 heteroatoms. The van der Waals surface area contributed by atoms with E-state index in [2.05, 4.69) is 10.6 Å². The van der Waals surface area contributed by atoms with Gasteiger partial charge in [-0.05, 0) is 48.4 Å². The number of benzene rings is 2. The summed E-state index contributed by atoms with van der Waals surface area (Å²) in [7, 11) is 1.52. The second kappa shape index (κ2) is 11.5. The molecule has 2 aromatic carbocycles. The lowest BCUT2D eigenvalue weighted by Gasteiger charge is -2.29. The zero-order chi connectivity index (χ0) is 25.4. The summed E-state index contributed by atoms with van der Waals surface area (Å²) in [4.78, 5) is 47.5. The Labute approximate surface area is 200 Å². The smallest absolute Gasteiger partial charge is 0.338 e. The second-order valence-electron chi connectivity index (χ2n) is 7.21. The molecule has 1 aliphatic heterocycles. The fourth-order valence-corrected chi connectivity index (χ4v) is 3.29. The van der Waals surface area contributed by atoms with E-state index in [1.807, 2.05) is 0 Å². The molecular weight excluding hydrogens is 458 g/mol. The molecule has 0 radical (unpaired) electrons. The number of non-ortho nitro benzene ring substituents is 1. The highest BCUT2D eigenvalue weighted by Crippen LogP contribution is 2.29. The first-order valence-electron chi connectivity index (χ1n) is 10.5. The van der Waals surface area contributed by atoms with Crippen LogP contribution in [0.3, 0.4) is 0 Å². The van der Waals surface area contributed by atoms with Gasteiger partial charge in [-0.2, -0.15) is 0 Å². The first-order valence-corrected chi connectivity index (χ1v) is 10.5. The van der Waals surface area contributed by atoms with E-state index in [-0.39, 0.29) is 23.6 Å². The Balaban J connectivity index is 1.80. The number of hydrogen-bond acceptors (Lipinski definition) is 8. The monoisotopic (exact) mass is 481 g/mol. The molecule has 2 aromatic rings. The molecule has 2 amide bonds. The van der Waals surface area contributed by atoms with Crippen molar-refractivity contribution in [3.63, 3.8) is 0 Å². The number of methoxy groups -OCH3 is 1. The maximum absolute atomic E-state index is 12.8. The molecular formula is C24H23N3O8. The average molecular weight is 481 g/mol. The molecule has 35 heavy (non-hydrogen) atoms. The van der Waals surface area contributed by atoms with E-state index in [9.17, 15) is 24.5 Å². The maximum Gasteiger partial charge on any atom is 0.338 e. The van der Waals surface area contributed by atoms with Gasteiger partial charge in [0.1, 0.15) is 12.4 Å². The molecule has 0 aliphatic carbocycles. The number of nitro groups is 1. The van der Waals surface area contributed by atoms with Gasteiger partial charge in [-0.15, -0.1) is 0 Å². The molecule has 11 nitrogen and oxygen atoms in total. The van der Waals surface area contributed by atoms with Crippen molar-refractivity contribution in [1.82, 2.24) is 10.6 Å². The Morgan fingerprint density at radius 3 is 2.37 bits per heavy atom. The summed E-state index contributed by atoms with van der Waals surface area (Å²) < 4.78 is 15.5. The van der Waals surface area contributed by atoms with Gasteiger partial charge in [0.05, 0.1) is 36.0 Å². The summed E-state index contributed by atoms with van der Waals surface area (Å²) in [6.45, 7) is 1.37.